The first-order valence-corrected chi connectivity index (χ1v) is 14.2. The van der Waals surface area contributed by atoms with Crippen LogP contribution in [0.4, 0.5) is 5.69 Å². The van der Waals surface area contributed by atoms with Crippen molar-refractivity contribution in [2.24, 2.45) is 5.10 Å². The molecule has 4 rings (SSSR count). The normalized spacial score (nSPS) is 11.2. The van der Waals surface area contributed by atoms with Crippen LogP contribution in [0.5, 0.6) is 5.75 Å². The minimum atomic E-state index is -4.02. The molecule has 0 saturated carbocycles. The molecule has 0 aliphatic carbocycles. The number of halogens is 1. The lowest BCUT2D eigenvalue weighted by Gasteiger charge is -2.23. The SMILES string of the molecule is O=C(COc1ccc(/C=N\NC(=O)CN(c2cccc(Br)c2)S(=O)(=O)c2ccccc2)cc1)NCc1ccco1. The molecule has 12 heteroatoms. The molecule has 0 saturated heterocycles. The third kappa shape index (κ3) is 8.04. The van der Waals surface area contributed by atoms with Crippen LogP contribution >= 0.6 is 15.9 Å². The van der Waals surface area contributed by atoms with Gasteiger partial charge in [-0.05, 0) is 72.3 Å². The molecule has 0 aliphatic heterocycles. The quantitative estimate of drug-likeness (QED) is 0.180. The van der Waals surface area contributed by atoms with Crippen LogP contribution in [-0.2, 0) is 26.2 Å². The summed E-state index contributed by atoms with van der Waals surface area (Å²) in [6.45, 7) is -0.375. The van der Waals surface area contributed by atoms with Gasteiger partial charge in [-0.25, -0.2) is 13.8 Å². The van der Waals surface area contributed by atoms with Crippen LogP contribution in [0.1, 0.15) is 11.3 Å². The van der Waals surface area contributed by atoms with Gasteiger partial charge >= 0.3 is 0 Å². The number of benzene rings is 3. The highest BCUT2D eigenvalue weighted by molar-refractivity contribution is 9.10. The van der Waals surface area contributed by atoms with Crippen LogP contribution < -0.4 is 19.8 Å². The molecule has 2 N–H and O–H groups in total. The van der Waals surface area contributed by atoms with Crippen molar-refractivity contribution >= 4 is 49.7 Å². The van der Waals surface area contributed by atoms with Gasteiger partial charge in [0.25, 0.3) is 21.8 Å². The highest BCUT2D eigenvalue weighted by atomic mass is 79.9. The van der Waals surface area contributed by atoms with Crippen molar-refractivity contribution < 1.29 is 27.2 Å². The van der Waals surface area contributed by atoms with E-state index in [0.717, 1.165) is 4.31 Å². The Morgan fingerprint density at radius 2 is 1.73 bits per heavy atom. The second kappa shape index (κ2) is 13.6. The topological polar surface area (TPSA) is 130 Å². The predicted molar refractivity (Wildman–Crippen MR) is 153 cm³/mol. The number of carbonyl (C=O) groups excluding carboxylic acids is 2. The van der Waals surface area contributed by atoms with Crippen LogP contribution in [-0.4, -0.2) is 39.6 Å². The van der Waals surface area contributed by atoms with Gasteiger partial charge in [0.05, 0.1) is 29.6 Å². The molecular formula is C28H25BrN4O6S. The van der Waals surface area contributed by atoms with Crippen LogP contribution in [0, 0.1) is 0 Å². The molecule has 1 heterocycles. The molecule has 0 radical (unpaired) electrons. The van der Waals surface area contributed by atoms with Crippen molar-refractivity contribution in [3.63, 3.8) is 0 Å². The summed E-state index contributed by atoms with van der Waals surface area (Å²) in [5.41, 5.74) is 3.34. The molecule has 3 aromatic carbocycles. The van der Waals surface area contributed by atoms with Gasteiger partial charge in [0.2, 0.25) is 0 Å². The fraction of sp³-hybridized carbons (Fsp3) is 0.107. The number of ether oxygens (including phenoxy) is 1. The van der Waals surface area contributed by atoms with Gasteiger partial charge in [0.15, 0.2) is 6.61 Å². The number of hydrogen-bond donors (Lipinski definition) is 2. The molecule has 206 valence electrons. The molecule has 10 nitrogen and oxygen atoms in total. The van der Waals surface area contributed by atoms with Crippen LogP contribution in [0.2, 0.25) is 0 Å². The summed E-state index contributed by atoms with van der Waals surface area (Å²) in [5.74, 6) is 0.194. The number of rotatable bonds is 12. The molecule has 0 aliphatic rings. The first-order valence-electron chi connectivity index (χ1n) is 12.0. The Hall–Kier alpha value is -4.42. The third-order valence-corrected chi connectivity index (χ3v) is 7.69. The third-order valence-electron chi connectivity index (χ3n) is 5.41. The Balaban J connectivity index is 1.32. The summed E-state index contributed by atoms with van der Waals surface area (Å²) in [6, 6.07) is 24.7. The number of nitrogens with one attached hydrogen (secondary N) is 2. The maximum absolute atomic E-state index is 13.3. The van der Waals surface area contributed by atoms with E-state index in [4.69, 9.17) is 9.15 Å². The molecule has 2 amide bonds. The van der Waals surface area contributed by atoms with E-state index in [1.54, 1.807) is 78.9 Å². The van der Waals surface area contributed by atoms with E-state index in [0.29, 0.717) is 27.2 Å². The maximum Gasteiger partial charge on any atom is 0.264 e. The molecule has 0 fully saturated rings. The zero-order valence-corrected chi connectivity index (χ0v) is 23.5. The van der Waals surface area contributed by atoms with E-state index in [1.165, 1.54) is 24.6 Å². The number of hydrazone groups is 1. The molecule has 0 spiro atoms. The fourth-order valence-electron chi connectivity index (χ4n) is 3.46. The number of nitrogens with zero attached hydrogens (tertiary/aromatic N) is 2. The van der Waals surface area contributed by atoms with Crippen LogP contribution in [0.25, 0.3) is 0 Å². The zero-order valence-electron chi connectivity index (χ0n) is 21.1. The first kappa shape index (κ1) is 28.6. The molecule has 1 aromatic heterocycles. The summed E-state index contributed by atoms with van der Waals surface area (Å²) >= 11 is 3.35. The van der Waals surface area contributed by atoms with Crippen molar-refractivity contribution in [1.29, 1.82) is 0 Å². The summed E-state index contributed by atoms with van der Waals surface area (Å²) < 4.78 is 39.0. The second-order valence-electron chi connectivity index (χ2n) is 8.31. The smallest absolute Gasteiger partial charge is 0.264 e. The van der Waals surface area contributed by atoms with E-state index in [2.05, 4.69) is 31.8 Å². The van der Waals surface area contributed by atoms with Crippen molar-refractivity contribution in [1.82, 2.24) is 10.7 Å². The Morgan fingerprint density at radius 1 is 0.950 bits per heavy atom. The fourth-order valence-corrected chi connectivity index (χ4v) is 5.28. The lowest BCUT2D eigenvalue weighted by molar-refractivity contribution is -0.123. The molecule has 0 bridgehead atoms. The number of furan rings is 1. The Labute approximate surface area is 239 Å². The monoisotopic (exact) mass is 624 g/mol. The predicted octanol–water partition coefficient (Wildman–Crippen LogP) is 4.08. The largest absolute Gasteiger partial charge is 0.484 e. The number of hydrogen-bond acceptors (Lipinski definition) is 7. The Morgan fingerprint density at radius 3 is 2.42 bits per heavy atom. The molecule has 0 unspecified atom stereocenters. The van der Waals surface area contributed by atoms with Crippen molar-refractivity contribution in [2.75, 3.05) is 17.5 Å². The van der Waals surface area contributed by atoms with Crippen LogP contribution in [0.3, 0.4) is 0 Å². The highest BCUT2D eigenvalue weighted by Crippen LogP contribution is 2.26. The van der Waals surface area contributed by atoms with Gasteiger partial charge in [0, 0.05) is 4.47 Å². The van der Waals surface area contributed by atoms with E-state index in [-0.39, 0.29) is 24.0 Å². The van der Waals surface area contributed by atoms with E-state index >= 15 is 0 Å². The lowest BCUT2D eigenvalue weighted by atomic mass is 10.2. The van der Waals surface area contributed by atoms with Crippen molar-refractivity contribution in [2.45, 2.75) is 11.4 Å². The summed E-state index contributed by atoms with van der Waals surface area (Å²) in [6.07, 6.45) is 2.94. The van der Waals surface area contributed by atoms with E-state index in [9.17, 15) is 18.0 Å². The van der Waals surface area contributed by atoms with Gasteiger partial charge < -0.3 is 14.5 Å². The molecule has 0 atom stereocenters. The van der Waals surface area contributed by atoms with Gasteiger partial charge in [-0.3, -0.25) is 13.9 Å². The summed E-state index contributed by atoms with van der Waals surface area (Å²) in [5, 5.41) is 6.63. The Kier molecular flexibility index (Phi) is 9.71. The number of carbonyl (C=O) groups is 2. The van der Waals surface area contributed by atoms with Crippen molar-refractivity contribution in [3.8, 4) is 5.75 Å². The van der Waals surface area contributed by atoms with Gasteiger partial charge in [-0.1, -0.05) is 40.2 Å². The van der Waals surface area contributed by atoms with Gasteiger partial charge in [-0.15, -0.1) is 0 Å². The minimum absolute atomic E-state index is 0.0589. The number of anilines is 1. The number of amides is 2. The average molecular weight is 626 g/mol. The summed E-state index contributed by atoms with van der Waals surface area (Å²) in [4.78, 5) is 24.7. The Bertz CT molecular complexity index is 1560. The maximum atomic E-state index is 13.3. The second-order valence-corrected chi connectivity index (χ2v) is 11.1. The lowest BCUT2D eigenvalue weighted by Crippen LogP contribution is -2.39. The molecule has 4 aromatic rings. The molecule has 40 heavy (non-hydrogen) atoms. The van der Waals surface area contributed by atoms with Crippen molar-refractivity contribution in [3.05, 3.63) is 113 Å². The summed E-state index contributed by atoms with van der Waals surface area (Å²) in [7, 11) is -4.02. The first-order chi connectivity index (χ1) is 19.3. The van der Waals surface area contributed by atoms with Gasteiger partial charge in [0.1, 0.15) is 18.1 Å². The highest BCUT2D eigenvalue weighted by Gasteiger charge is 2.27. The van der Waals surface area contributed by atoms with E-state index in [1.807, 2.05) is 0 Å². The van der Waals surface area contributed by atoms with Crippen LogP contribution in [0.15, 0.2) is 116 Å². The zero-order chi connectivity index (χ0) is 28.4. The van der Waals surface area contributed by atoms with Gasteiger partial charge in [-0.2, -0.15) is 5.10 Å². The average Bonchev–Trinajstić information content (AvgIpc) is 3.49. The minimum Gasteiger partial charge on any atom is -0.484 e. The van der Waals surface area contributed by atoms with E-state index < -0.39 is 22.5 Å². The standard InChI is InChI=1S/C28H25BrN4O6S/c29-22-6-4-7-23(16-22)33(40(36,37)26-9-2-1-3-10-26)19-27(34)32-31-17-21-11-13-24(14-12-21)39-20-28(35)30-18-25-8-5-15-38-25/h1-17H,18-20H2,(H,30,35)(H,32,34)/b31-17-. The molecular weight excluding hydrogens is 600 g/mol. The number of sulfonamides is 1.